The van der Waals surface area contributed by atoms with Crippen LogP contribution >= 0.6 is 39.1 Å². The van der Waals surface area contributed by atoms with E-state index < -0.39 is 18.2 Å². The van der Waals surface area contributed by atoms with E-state index in [4.69, 9.17) is 32.7 Å². The molecule has 7 nitrogen and oxygen atoms in total. The van der Waals surface area contributed by atoms with Crippen LogP contribution in [0.2, 0.25) is 10.0 Å². The molecule has 27 heavy (non-hydrogen) atoms. The number of nitrogens with zero attached hydrogens (tertiary/aromatic N) is 1. The molecular formula is C17H12BrCl2N3O4. The Morgan fingerprint density at radius 2 is 1.85 bits per heavy atom. The van der Waals surface area contributed by atoms with Crippen molar-refractivity contribution in [1.29, 1.82) is 0 Å². The van der Waals surface area contributed by atoms with Gasteiger partial charge in [-0.25, -0.2) is 5.43 Å². The predicted molar refractivity (Wildman–Crippen MR) is 106 cm³/mol. The van der Waals surface area contributed by atoms with E-state index in [9.17, 15) is 9.59 Å². The van der Waals surface area contributed by atoms with E-state index >= 15 is 0 Å². The Hall–Kier alpha value is -2.29. The fourth-order valence-electron chi connectivity index (χ4n) is 2.17. The topological polar surface area (TPSA) is 89.0 Å². The molecule has 140 valence electrons. The minimum Gasteiger partial charge on any atom is -0.454 e. The number of halogens is 3. The van der Waals surface area contributed by atoms with Gasteiger partial charge in [-0.3, -0.25) is 9.59 Å². The highest BCUT2D eigenvalue weighted by Gasteiger charge is 2.15. The molecule has 2 aromatic carbocycles. The van der Waals surface area contributed by atoms with Crippen LogP contribution in [0.1, 0.15) is 12.0 Å². The standard InChI is InChI=1S/C17H12BrCl2N3O4/c18-11-5-15-14(26-8-27-15)3-9(11)7-21-23-17(25)6-16(24)22-10-1-2-12(19)13(20)4-10/h1-5,7H,6,8H2,(H,22,24)(H,23,25)/b21-7-. The molecule has 0 aromatic heterocycles. The smallest absolute Gasteiger partial charge is 0.249 e. The Bertz CT molecular complexity index is 937. The molecule has 0 saturated heterocycles. The van der Waals surface area contributed by atoms with Crippen molar-refractivity contribution in [2.75, 3.05) is 12.1 Å². The number of fused-ring (bicyclic) bond motifs is 1. The van der Waals surface area contributed by atoms with E-state index in [-0.39, 0.29) is 6.79 Å². The second kappa shape index (κ2) is 8.60. The molecule has 2 aromatic rings. The maximum absolute atomic E-state index is 11.9. The summed E-state index contributed by atoms with van der Waals surface area (Å²) in [7, 11) is 0. The predicted octanol–water partition coefficient (Wildman–Crippen LogP) is 3.96. The first-order valence-corrected chi connectivity index (χ1v) is 9.13. The minimum absolute atomic E-state index is 0.160. The highest BCUT2D eigenvalue weighted by Crippen LogP contribution is 2.36. The summed E-state index contributed by atoms with van der Waals surface area (Å²) in [5.74, 6) is 0.139. The van der Waals surface area contributed by atoms with Crippen molar-refractivity contribution < 1.29 is 19.1 Å². The van der Waals surface area contributed by atoms with E-state index in [0.29, 0.717) is 32.8 Å². The van der Waals surface area contributed by atoms with E-state index in [2.05, 4.69) is 31.8 Å². The number of amides is 2. The molecule has 10 heteroatoms. The van der Waals surface area contributed by atoms with Crippen molar-refractivity contribution in [3.8, 4) is 11.5 Å². The van der Waals surface area contributed by atoms with Crippen molar-refractivity contribution in [2.24, 2.45) is 5.10 Å². The summed E-state index contributed by atoms with van der Waals surface area (Å²) in [5, 5.41) is 7.07. The summed E-state index contributed by atoms with van der Waals surface area (Å²) in [6.07, 6.45) is 1.03. The highest BCUT2D eigenvalue weighted by molar-refractivity contribution is 9.10. The molecule has 0 radical (unpaired) electrons. The lowest BCUT2D eigenvalue weighted by Gasteiger charge is -2.06. The fourth-order valence-corrected chi connectivity index (χ4v) is 2.89. The lowest BCUT2D eigenvalue weighted by atomic mass is 10.2. The first-order valence-electron chi connectivity index (χ1n) is 7.58. The van der Waals surface area contributed by atoms with Gasteiger partial charge in [-0.1, -0.05) is 23.2 Å². The van der Waals surface area contributed by atoms with Crippen LogP contribution in [0.3, 0.4) is 0 Å². The number of anilines is 1. The number of carbonyl (C=O) groups is 2. The zero-order valence-corrected chi connectivity index (χ0v) is 16.7. The number of benzene rings is 2. The molecule has 3 rings (SSSR count). The van der Waals surface area contributed by atoms with Gasteiger partial charge in [0.2, 0.25) is 18.6 Å². The lowest BCUT2D eigenvalue weighted by molar-refractivity contribution is -0.126. The van der Waals surface area contributed by atoms with Crippen LogP contribution in [0.5, 0.6) is 11.5 Å². The summed E-state index contributed by atoms with van der Waals surface area (Å²) in [6.45, 7) is 0.160. The quantitative estimate of drug-likeness (QED) is 0.391. The molecule has 0 bridgehead atoms. The molecule has 0 spiro atoms. The van der Waals surface area contributed by atoms with Gasteiger partial charge < -0.3 is 14.8 Å². The zero-order valence-electron chi connectivity index (χ0n) is 13.6. The third-order valence-electron chi connectivity index (χ3n) is 3.41. The first-order chi connectivity index (χ1) is 12.9. The van der Waals surface area contributed by atoms with Crippen LogP contribution in [-0.4, -0.2) is 24.8 Å². The number of carbonyl (C=O) groups excluding carboxylic acids is 2. The molecule has 0 unspecified atom stereocenters. The van der Waals surface area contributed by atoms with Crippen LogP contribution in [0, 0.1) is 0 Å². The summed E-state index contributed by atoms with van der Waals surface area (Å²) in [6, 6.07) is 8.09. The van der Waals surface area contributed by atoms with Crippen LogP contribution in [0.25, 0.3) is 0 Å². The van der Waals surface area contributed by atoms with Crippen LogP contribution in [-0.2, 0) is 9.59 Å². The van der Waals surface area contributed by atoms with Gasteiger partial charge in [0.05, 0.1) is 16.3 Å². The van der Waals surface area contributed by atoms with Crippen molar-refractivity contribution in [3.63, 3.8) is 0 Å². The van der Waals surface area contributed by atoms with Gasteiger partial charge >= 0.3 is 0 Å². The summed E-state index contributed by atoms with van der Waals surface area (Å²) >= 11 is 15.1. The molecule has 0 fully saturated rings. The van der Waals surface area contributed by atoms with Crippen LogP contribution in [0.15, 0.2) is 39.9 Å². The molecule has 2 amide bonds. The highest BCUT2D eigenvalue weighted by atomic mass is 79.9. The van der Waals surface area contributed by atoms with Crippen molar-refractivity contribution in [2.45, 2.75) is 6.42 Å². The Balaban J connectivity index is 1.52. The lowest BCUT2D eigenvalue weighted by Crippen LogP contribution is -2.24. The number of ether oxygens (including phenoxy) is 2. The number of hydrogen-bond donors (Lipinski definition) is 2. The summed E-state index contributed by atoms with van der Waals surface area (Å²) in [4.78, 5) is 23.7. The number of nitrogens with one attached hydrogen (secondary N) is 2. The molecule has 0 saturated carbocycles. The summed E-state index contributed by atoms with van der Waals surface area (Å²) in [5.41, 5.74) is 3.41. The zero-order chi connectivity index (χ0) is 19.4. The second-order valence-corrected chi connectivity index (χ2v) is 7.04. The number of hydrazone groups is 1. The van der Waals surface area contributed by atoms with Gasteiger partial charge in [-0.05, 0) is 46.3 Å². The monoisotopic (exact) mass is 471 g/mol. The van der Waals surface area contributed by atoms with E-state index in [0.717, 1.165) is 4.47 Å². The number of rotatable bonds is 5. The minimum atomic E-state index is -0.569. The van der Waals surface area contributed by atoms with Crippen molar-refractivity contribution >= 4 is 62.8 Å². The third kappa shape index (κ3) is 5.12. The second-order valence-electron chi connectivity index (χ2n) is 5.37. The average molecular weight is 473 g/mol. The average Bonchev–Trinajstić information content (AvgIpc) is 3.05. The first kappa shape index (κ1) is 19.5. The maximum Gasteiger partial charge on any atom is 0.249 e. The largest absolute Gasteiger partial charge is 0.454 e. The third-order valence-corrected chi connectivity index (χ3v) is 4.84. The van der Waals surface area contributed by atoms with Gasteiger partial charge in [0.15, 0.2) is 11.5 Å². The number of hydrogen-bond acceptors (Lipinski definition) is 5. The normalized spacial score (nSPS) is 12.3. The molecule has 0 atom stereocenters. The molecule has 1 aliphatic rings. The Morgan fingerprint density at radius 3 is 2.59 bits per heavy atom. The maximum atomic E-state index is 11.9. The molecule has 2 N–H and O–H groups in total. The molecule has 1 heterocycles. The van der Waals surface area contributed by atoms with E-state index in [1.165, 1.54) is 12.3 Å². The molecular weight excluding hydrogens is 461 g/mol. The fraction of sp³-hybridized carbons (Fsp3) is 0.118. The Labute approximate surface area is 172 Å². The van der Waals surface area contributed by atoms with Gasteiger partial charge in [-0.2, -0.15) is 5.10 Å². The van der Waals surface area contributed by atoms with E-state index in [1.54, 1.807) is 24.3 Å². The van der Waals surface area contributed by atoms with Crippen LogP contribution in [0.4, 0.5) is 5.69 Å². The van der Waals surface area contributed by atoms with Crippen molar-refractivity contribution in [1.82, 2.24) is 5.43 Å². The Morgan fingerprint density at radius 1 is 1.11 bits per heavy atom. The van der Waals surface area contributed by atoms with Gasteiger partial charge in [-0.15, -0.1) is 0 Å². The Kier molecular flexibility index (Phi) is 6.20. The van der Waals surface area contributed by atoms with Crippen LogP contribution < -0.4 is 20.2 Å². The van der Waals surface area contributed by atoms with Gasteiger partial charge in [0.1, 0.15) is 6.42 Å². The SMILES string of the molecule is O=C(CC(=O)Nc1ccc(Cl)c(Cl)c1)N/N=C\c1cc2c(cc1Br)OCO2. The van der Waals surface area contributed by atoms with Gasteiger partial charge in [0, 0.05) is 15.7 Å². The summed E-state index contributed by atoms with van der Waals surface area (Å²) < 4.78 is 11.3. The van der Waals surface area contributed by atoms with E-state index in [1.807, 2.05) is 0 Å². The van der Waals surface area contributed by atoms with Crippen molar-refractivity contribution in [3.05, 3.63) is 50.4 Å². The van der Waals surface area contributed by atoms with Gasteiger partial charge in [0.25, 0.3) is 0 Å². The molecule has 0 aliphatic carbocycles. The molecule has 1 aliphatic heterocycles.